The molecule has 0 aromatic heterocycles. The quantitative estimate of drug-likeness (QED) is 0.309. The largest absolute Gasteiger partial charge is 0.440 e. The second kappa shape index (κ2) is 8.19. The van der Waals surface area contributed by atoms with Crippen LogP contribution in [0.5, 0.6) is 0 Å². The van der Waals surface area contributed by atoms with E-state index in [9.17, 15) is 4.79 Å². The van der Waals surface area contributed by atoms with Crippen molar-refractivity contribution in [1.82, 2.24) is 5.32 Å². The molecule has 0 spiro atoms. The molecular formula is C8H16N4O2. The molecule has 1 N–H and O–H groups in total. The summed E-state index contributed by atoms with van der Waals surface area (Å²) in [5.74, 6) is 0. The van der Waals surface area contributed by atoms with E-state index in [2.05, 4.69) is 22.3 Å². The molecule has 0 aliphatic rings. The Hall–Kier alpha value is -1.42. The van der Waals surface area contributed by atoms with Gasteiger partial charge in [0, 0.05) is 11.5 Å². The van der Waals surface area contributed by atoms with Gasteiger partial charge < -0.3 is 10.1 Å². The molecule has 80 valence electrons. The van der Waals surface area contributed by atoms with Crippen molar-refractivity contribution in [3.05, 3.63) is 10.4 Å². The fourth-order valence-electron chi connectivity index (χ4n) is 0.858. The third kappa shape index (κ3) is 7.24. The molecule has 0 aromatic rings. The van der Waals surface area contributed by atoms with Crippen LogP contribution in [0.1, 0.15) is 33.1 Å². The maximum atomic E-state index is 11.0. The van der Waals surface area contributed by atoms with E-state index >= 15 is 0 Å². The van der Waals surface area contributed by atoms with Crippen molar-refractivity contribution in [2.45, 2.75) is 39.3 Å². The van der Waals surface area contributed by atoms with E-state index in [-0.39, 0.29) is 0 Å². The molecule has 1 unspecified atom stereocenters. The fraction of sp³-hybridized carbons (Fsp3) is 0.875. The van der Waals surface area contributed by atoms with Crippen LogP contribution in [0.15, 0.2) is 5.11 Å². The number of azide groups is 1. The van der Waals surface area contributed by atoms with Gasteiger partial charge in [0.25, 0.3) is 0 Å². The molecule has 0 saturated carbocycles. The summed E-state index contributed by atoms with van der Waals surface area (Å²) in [4.78, 5) is 13.5. The van der Waals surface area contributed by atoms with Crippen molar-refractivity contribution in [2.24, 2.45) is 5.11 Å². The van der Waals surface area contributed by atoms with Crippen LogP contribution in [0.25, 0.3) is 10.4 Å². The summed E-state index contributed by atoms with van der Waals surface area (Å²) in [6.07, 6.45) is 1.81. The van der Waals surface area contributed by atoms with Crippen molar-refractivity contribution in [3.8, 4) is 0 Å². The minimum atomic E-state index is -0.758. The molecule has 0 fully saturated rings. The second-order valence-electron chi connectivity index (χ2n) is 2.84. The average molecular weight is 200 g/mol. The minimum Gasteiger partial charge on any atom is -0.440 e. The lowest BCUT2D eigenvalue weighted by Gasteiger charge is -2.08. The summed E-state index contributed by atoms with van der Waals surface area (Å²) >= 11 is 0. The van der Waals surface area contributed by atoms with E-state index < -0.39 is 12.3 Å². The number of amides is 1. The predicted octanol–water partition coefficient (Wildman–Crippen LogP) is 2.56. The molecule has 0 aliphatic carbocycles. The monoisotopic (exact) mass is 200 g/mol. The van der Waals surface area contributed by atoms with Crippen LogP contribution in [0.4, 0.5) is 4.79 Å². The Bertz CT molecular complexity index is 213. The van der Waals surface area contributed by atoms with Gasteiger partial charge in [0.15, 0.2) is 6.23 Å². The highest BCUT2D eigenvalue weighted by atomic mass is 16.6. The van der Waals surface area contributed by atoms with E-state index in [0.29, 0.717) is 6.54 Å². The number of unbranched alkanes of at least 4 members (excludes halogenated alkanes) is 2. The van der Waals surface area contributed by atoms with Gasteiger partial charge in [-0.1, -0.05) is 19.8 Å². The van der Waals surface area contributed by atoms with Crippen LogP contribution in [0.3, 0.4) is 0 Å². The van der Waals surface area contributed by atoms with Crippen LogP contribution >= 0.6 is 0 Å². The Balaban J connectivity index is 3.50. The molecule has 1 atom stereocenters. The SMILES string of the molecule is CCCCCNC(=O)OC(C)N=[N+]=[N-]. The highest BCUT2D eigenvalue weighted by Crippen LogP contribution is 1.95. The maximum absolute atomic E-state index is 11.0. The first kappa shape index (κ1) is 12.6. The summed E-state index contributed by atoms with van der Waals surface area (Å²) in [5, 5.41) is 5.77. The molecule has 0 aromatic carbocycles. The van der Waals surface area contributed by atoms with E-state index in [0.717, 1.165) is 19.3 Å². The lowest BCUT2D eigenvalue weighted by molar-refractivity contribution is 0.110. The third-order valence-electron chi connectivity index (χ3n) is 1.54. The van der Waals surface area contributed by atoms with Gasteiger partial charge in [-0.15, -0.1) is 0 Å². The highest BCUT2D eigenvalue weighted by molar-refractivity contribution is 5.67. The van der Waals surface area contributed by atoms with Crippen LogP contribution in [-0.4, -0.2) is 18.9 Å². The number of carbonyl (C=O) groups is 1. The average Bonchev–Trinajstić information content (AvgIpc) is 2.13. The van der Waals surface area contributed by atoms with Gasteiger partial charge in [-0.3, -0.25) is 0 Å². The van der Waals surface area contributed by atoms with Crippen molar-refractivity contribution in [2.75, 3.05) is 6.54 Å². The van der Waals surface area contributed by atoms with Crippen molar-refractivity contribution >= 4 is 6.09 Å². The Morgan fingerprint density at radius 3 is 2.93 bits per heavy atom. The zero-order chi connectivity index (χ0) is 10.8. The summed E-state index contributed by atoms with van der Waals surface area (Å²) in [6.45, 7) is 4.18. The molecule has 0 aliphatic heterocycles. The summed E-state index contributed by atoms with van der Waals surface area (Å²) in [6, 6.07) is 0. The van der Waals surface area contributed by atoms with Gasteiger partial charge >= 0.3 is 6.09 Å². The summed E-state index contributed by atoms with van der Waals surface area (Å²) < 4.78 is 4.70. The normalized spacial score (nSPS) is 11.3. The number of nitrogens with one attached hydrogen (secondary N) is 1. The van der Waals surface area contributed by atoms with E-state index in [1.54, 1.807) is 0 Å². The first-order valence-electron chi connectivity index (χ1n) is 4.69. The molecule has 0 saturated heterocycles. The Labute approximate surface area is 83.3 Å². The van der Waals surface area contributed by atoms with Crippen molar-refractivity contribution in [1.29, 1.82) is 0 Å². The zero-order valence-corrected chi connectivity index (χ0v) is 8.56. The van der Waals surface area contributed by atoms with Crippen LogP contribution in [-0.2, 0) is 4.74 Å². The first-order valence-corrected chi connectivity index (χ1v) is 4.69. The number of ether oxygens (including phenoxy) is 1. The molecule has 0 heterocycles. The predicted molar refractivity (Wildman–Crippen MR) is 52.6 cm³/mol. The lowest BCUT2D eigenvalue weighted by atomic mass is 10.2. The van der Waals surface area contributed by atoms with E-state index in [1.165, 1.54) is 6.92 Å². The number of nitrogens with zero attached hydrogens (tertiary/aromatic N) is 3. The molecule has 6 heteroatoms. The Kier molecular flexibility index (Phi) is 7.36. The van der Waals surface area contributed by atoms with Gasteiger partial charge in [-0.2, -0.15) is 0 Å². The van der Waals surface area contributed by atoms with Crippen LogP contribution < -0.4 is 5.32 Å². The number of carbonyl (C=O) groups excluding carboxylic acids is 1. The van der Waals surface area contributed by atoms with Crippen molar-refractivity contribution in [3.63, 3.8) is 0 Å². The van der Waals surface area contributed by atoms with Gasteiger partial charge in [-0.25, -0.2) is 4.79 Å². The zero-order valence-electron chi connectivity index (χ0n) is 8.56. The minimum absolute atomic E-state index is 0.541. The number of hydrogen-bond acceptors (Lipinski definition) is 3. The Morgan fingerprint density at radius 1 is 1.64 bits per heavy atom. The molecule has 6 nitrogen and oxygen atoms in total. The second-order valence-corrected chi connectivity index (χ2v) is 2.84. The van der Waals surface area contributed by atoms with E-state index in [1.807, 2.05) is 0 Å². The highest BCUT2D eigenvalue weighted by Gasteiger charge is 2.05. The molecular weight excluding hydrogens is 184 g/mol. The van der Waals surface area contributed by atoms with E-state index in [4.69, 9.17) is 10.3 Å². The topological polar surface area (TPSA) is 87.1 Å². The standard InChI is InChI=1S/C8H16N4O2/c1-3-4-5-6-10-8(13)14-7(2)11-12-9/h7H,3-6H2,1-2H3,(H,10,13). The van der Waals surface area contributed by atoms with Gasteiger partial charge in [0.05, 0.1) is 0 Å². The van der Waals surface area contributed by atoms with Gasteiger partial charge in [0.1, 0.15) is 0 Å². The number of hydrogen-bond donors (Lipinski definition) is 1. The smallest absolute Gasteiger partial charge is 0.407 e. The summed E-state index contributed by atoms with van der Waals surface area (Å²) in [5.41, 5.74) is 8.04. The van der Waals surface area contributed by atoms with Gasteiger partial charge in [-0.05, 0) is 24.0 Å². The van der Waals surface area contributed by atoms with Crippen LogP contribution in [0.2, 0.25) is 0 Å². The maximum Gasteiger partial charge on any atom is 0.407 e. The van der Waals surface area contributed by atoms with Gasteiger partial charge in [0.2, 0.25) is 0 Å². The molecule has 14 heavy (non-hydrogen) atoms. The van der Waals surface area contributed by atoms with Crippen molar-refractivity contribution < 1.29 is 9.53 Å². The first-order chi connectivity index (χ1) is 6.70. The summed E-state index contributed by atoms with van der Waals surface area (Å²) in [7, 11) is 0. The number of rotatable bonds is 6. The molecule has 1 amide bonds. The Morgan fingerprint density at radius 2 is 2.36 bits per heavy atom. The lowest BCUT2D eigenvalue weighted by Crippen LogP contribution is -2.27. The molecule has 0 radical (unpaired) electrons. The molecule has 0 rings (SSSR count). The third-order valence-corrected chi connectivity index (χ3v) is 1.54. The number of alkyl carbamates (subject to hydrolysis) is 1. The van der Waals surface area contributed by atoms with Crippen LogP contribution in [0, 0.1) is 0 Å². The molecule has 0 bridgehead atoms. The fourth-order valence-corrected chi connectivity index (χ4v) is 0.858.